The highest BCUT2D eigenvalue weighted by Gasteiger charge is 2.18. The molecule has 0 heterocycles. The zero-order chi connectivity index (χ0) is 17.0. The smallest absolute Gasteiger partial charge is 0.262 e. The number of anilines is 1. The van der Waals surface area contributed by atoms with Crippen LogP contribution in [0.4, 0.5) is 14.5 Å². The summed E-state index contributed by atoms with van der Waals surface area (Å²) in [5, 5.41) is 14.4. The van der Waals surface area contributed by atoms with Crippen LogP contribution in [0, 0.1) is 11.6 Å². The van der Waals surface area contributed by atoms with Gasteiger partial charge in [0.05, 0.1) is 6.42 Å². The van der Waals surface area contributed by atoms with Gasteiger partial charge < -0.3 is 15.7 Å². The van der Waals surface area contributed by atoms with E-state index >= 15 is 0 Å². The number of hydrogen-bond donors (Lipinski definition) is 3. The van der Waals surface area contributed by atoms with E-state index in [9.17, 15) is 23.5 Å². The lowest BCUT2D eigenvalue weighted by Gasteiger charge is -2.09. The average Bonchev–Trinajstić information content (AvgIpc) is 2.48. The molecule has 2 aromatic carbocycles. The van der Waals surface area contributed by atoms with Gasteiger partial charge in [-0.15, -0.1) is 0 Å². The van der Waals surface area contributed by atoms with Crippen LogP contribution in [-0.2, 0) is 11.2 Å². The predicted octanol–water partition coefficient (Wildman–Crippen LogP) is 2.21. The van der Waals surface area contributed by atoms with Crippen molar-refractivity contribution in [3.8, 4) is 5.75 Å². The maximum atomic E-state index is 13.6. The quantitative estimate of drug-likeness (QED) is 0.808. The lowest BCUT2D eigenvalue weighted by Crippen LogP contribution is -2.20. The molecule has 0 spiro atoms. The van der Waals surface area contributed by atoms with E-state index in [1.54, 1.807) is 12.1 Å². The standard InChI is InChI=1S/C16H14F2N2O3/c1-19-14(22)6-9-2-4-11(5-3-9)20-16(23)15-12(18)7-10(17)8-13(15)21/h2-5,7-8,21H,6H2,1H3,(H,19,22)(H,20,23). The number of rotatable bonds is 4. The summed E-state index contributed by atoms with van der Waals surface area (Å²) in [6, 6.07) is 7.51. The van der Waals surface area contributed by atoms with E-state index in [0.29, 0.717) is 17.8 Å². The van der Waals surface area contributed by atoms with Gasteiger partial charge in [0.2, 0.25) is 5.91 Å². The van der Waals surface area contributed by atoms with Gasteiger partial charge in [-0.2, -0.15) is 0 Å². The minimum atomic E-state index is -1.16. The first-order valence-electron chi connectivity index (χ1n) is 6.69. The number of aromatic hydroxyl groups is 1. The van der Waals surface area contributed by atoms with Crippen molar-refractivity contribution in [2.24, 2.45) is 0 Å². The van der Waals surface area contributed by atoms with E-state index in [2.05, 4.69) is 10.6 Å². The van der Waals surface area contributed by atoms with Gasteiger partial charge in [0, 0.05) is 24.9 Å². The van der Waals surface area contributed by atoms with Crippen LogP contribution in [0.2, 0.25) is 0 Å². The number of amides is 2. The largest absolute Gasteiger partial charge is 0.507 e. The molecule has 0 aliphatic heterocycles. The monoisotopic (exact) mass is 320 g/mol. The Morgan fingerprint density at radius 3 is 2.35 bits per heavy atom. The summed E-state index contributed by atoms with van der Waals surface area (Å²) in [5.41, 5.74) is 0.442. The molecule has 0 saturated carbocycles. The van der Waals surface area contributed by atoms with Crippen LogP contribution in [0.25, 0.3) is 0 Å². The molecule has 0 aromatic heterocycles. The highest BCUT2D eigenvalue weighted by Crippen LogP contribution is 2.23. The molecule has 23 heavy (non-hydrogen) atoms. The second-order valence-corrected chi connectivity index (χ2v) is 4.78. The molecular formula is C16H14F2N2O3. The van der Waals surface area contributed by atoms with Gasteiger partial charge in [0.25, 0.3) is 5.91 Å². The Bertz CT molecular complexity index is 722. The summed E-state index contributed by atoms with van der Waals surface area (Å²) in [6.45, 7) is 0. The minimum Gasteiger partial charge on any atom is -0.507 e. The summed E-state index contributed by atoms with van der Waals surface area (Å²) in [6.07, 6.45) is 0.193. The molecule has 7 heteroatoms. The van der Waals surface area contributed by atoms with Gasteiger partial charge in [-0.1, -0.05) is 12.1 Å². The number of phenols is 1. The van der Waals surface area contributed by atoms with Crippen molar-refractivity contribution in [1.82, 2.24) is 5.32 Å². The molecule has 0 aliphatic carbocycles. The summed E-state index contributed by atoms with van der Waals surface area (Å²) in [4.78, 5) is 23.2. The van der Waals surface area contributed by atoms with Gasteiger partial charge in [-0.3, -0.25) is 9.59 Å². The van der Waals surface area contributed by atoms with Crippen molar-refractivity contribution in [2.75, 3.05) is 12.4 Å². The molecule has 2 rings (SSSR count). The van der Waals surface area contributed by atoms with Crippen LogP contribution < -0.4 is 10.6 Å². The van der Waals surface area contributed by atoms with Crippen LogP contribution in [0.15, 0.2) is 36.4 Å². The van der Waals surface area contributed by atoms with Crippen LogP contribution in [0.3, 0.4) is 0 Å². The fourth-order valence-electron chi connectivity index (χ4n) is 1.96. The third-order valence-electron chi connectivity index (χ3n) is 3.12. The SMILES string of the molecule is CNC(=O)Cc1ccc(NC(=O)c2c(O)cc(F)cc2F)cc1. The molecule has 2 amide bonds. The first kappa shape index (κ1) is 16.4. The topological polar surface area (TPSA) is 78.4 Å². The van der Waals surface area contributed by atoms with Gasteiger partial charge >= 0.3 is 0 Å². The Balaban J connectivity index is 2.13. The Labute approximate surface area is 130 Å². The van der Waals surface area contributed by atoms with Crippen molar-refractivity contribution in [3.63, 3.8) is 0 Å². The van der Waals surface area contributed by atoms with E-state index < -0.39 is 28.9 Å². The third-order valence-corrected chi connectivity index (χ3v) is 3.12. The molecule has 5 nitrogen and oxygen atoms in total. The second kappa shape index (κ2) is 6.87. The molecule has 0 unspecified atom stereocenters. The first-order valence-corrected chi connectivity index (χ1v) is 6.69. The number of carbonyl (C=O) groups excluding carboxylic acids is 2. The van der Waals surface area contributed by atoms with Gasteiger partial charge in [-0.25, -0.2) is 8.78 Å². The summed E-state index contributed by atoms with van der Waals surface area (Å²) in [5.74, 6) is -3.97. The molecule has 2 aromatic rings. The zero-order valence-corrected chi connectivity index (χ0v) is 12.2. The number of likely N-dealkylation sites (N-methyl/N-ethyl adjacent to an activating group) is 1. The van der Waals surface area contributed by atoms with E-state index in [1.807, 2.05) is 0 Å². The molecule has 120 valence electrons. The highest BCUT2D eigenvalue weighted by molar-refractivity contribution is 6.06. The predicted molar refractivity (Wildman–Crippen MR) is 80.2 cm³/mol. The van der Waals surface area contributed by atoms with E-state index in [0.717, 1.165) is 5.56 Å². The minimum absolute atomic E-state index is 0.153. The molecule has 0 radical (unpaired) electrons. The lowest BCUT2D eigenvalue weighted by molar-refractivity contribution is -0.119. The maximum absolute atomic E-state index is 13.6. The number of nitrogens with one attached hydrogen (secondary N) is 2. The third kappa shape index (κ3) is 4.03. The van der Waals surface area contributed by atoms with Crippen molar-refractivity contribution in [2.45, 2.75) is 6.42 Å². The summed E-state index contributed by atoms with van der Waals surface area (Å²) >= 11 is 0. The number of carbonyl (C=O) groups is 2. The van der Waals surface area contributed by atoms with Gasteiger partial charge in [0.15, 0.2) is 0 Å². The Morgan fingerprint density at radius 1 is 1.13 bits per heavy atom. The average molecular weight is 320 g/mol. The van der Waals surface area contributed by atoms with Crippen molar-refractivity contribution in [3.05, 3.63) is 59.2 Å². The molecule has 0 atom stereocenters. The Kier molecular flexibility index (Phi) is 4.90. The first-order chi connectivity index (χ1) is 10.9. The van der Waals surface area contributed by atoms with Crippen molar-refractivity contribution in [1.29, 1.82) is 0 Å². The number of benzene rings is 2. The van der Waals surface area contributed by atoms with Crippen LogP contribution >= 0.6 is 0 Å². The number of hydrogen-bond acceptors (Lipinski definition) is 3. The molecule has 0 bridgehead atoms. The number of halogens is 2. The van der Waals surface area contributed by atoms with E-state index in [4.69, 9.17) is 0 Å². The summed E-state index contributed by atoms with van der Waals surface area (Å²) in [7, 11) is 1.53. The highest BCUT2D eigenvalue weighted by atomic mass is 19.1. The van der Waals surface area contributed by atoms with E-state index in [1.165, 1.54) is 19.2 Å². The molecule has 3 N–H and O–H groups in total. The zero-order valence-electron chi connectivity index (χ0n) is 12.2. The molecular weight excluding hydrogens is 306 g/mol. The fraction of sp³-hybridized carbons (Fsp3) is 0.125. The molecule has 0 fully saturated rings. The van der Waals surface area contributed by atoms with Crippen LogP contribution in [0.5, 0.6) is 5.75 Å². The van der Waals surface area contributed by atoms with Crippen molar-refractivity contribution >= 4 is 17.5 Å². The van der Waals surface area contributed by atoms with E-state index in [-0.39, 0.29) is 12.3 Å². The van der Waals surface area contributed by atoms with Gasteiger partial charge in [-0.05, 0) is 17.7 Å². The normalized spacial score (nSPS) is 10.2. The Morgan fingerprint density at radius 2 is 1.78 bits per heavy atom. The number of phenolic OH excluding ortho intramolecular Hbond substituents is 1. The maximum Gasteiger partial charge on any atom is 0.262 e. The second-order valence-electron chi connectivity index (χ2n) is 4.78. The van der Waals surface area contributed by atoms with Crippen LogP contribution in [-0.4, -0.2) is 24.0 Å². The summed E-state index contributed by atoms with van der Waals surface area (Å²) < 4.78 is 26.5. The van der Waals surface area contributed by atoms with Crippen LogP contribution in [0.1, 0.15) is 15.9 Å². The molecule has 0 saturated heterocycles. The Hall–Kier alpha value is -2.96. The van der Waals surface area contributed by atoms with Crippen molar-refractivity contribution < 1.29 is 23.5 Å². The fourth-order valence-corrected chi connectivity index (χ4v) is 1.96. The molecule has 0 aliphatic rings. The van der Waals surface area contributed by atoms with Gasteiger partial charge in [0.1, 0.15) is 22.9 Å². The lowest BCUT2D eigenvalue weighted by atomic mass is 10.1.